The Morgan fingerprint density at radius 3 is 2.00 bits per heavy atom. The van der Waals surface area contributed by atoms with Gasteiger partial charge in [0.25, 0.3) is 0 Å². The molecule has 1 nitrogen and oxygen atoms in total. The first-order chi connectivity index (χ1) is 8.70. The number of hydrogen-bond acceptors (Lipinski definition) is 1. The molecule has 0 aliphatic heterocycles. The Bertz CT molecular complexity index is 261. The molecule has 104 valence electrons. The van der Waals surface area contributed by atoms with E-state index in [4.69, 9.17) is 0 Å². The molecule has 3 aliphatic carbocycles. The quantitative estimate of drug-likeness (QED) is 0.767. The van der Waals surface area contributed by atoms with Crippen molar-refractivity contribution in [2.24, 2.45) is 10.8 Å². The maximum atomic E-state index is 3.91. The fourth-order valence-corrected chi connectivity index (χ4v) is 4.86. The second-order valence-electron chi connectivity index (χ2n) is 7.88. The Balaban J connectivity index is 1.43. The van der Waals surface area contributed by atoms with Gasteiger partial charge in [0.15, 0.2) is 0 Å². The smallest absolute Gasteiger partial charge is 0.00677 e. The highest BCUT2D eigenvalue weighted by atomic mass is 14.9. The number of hydrogen-bond donors (Lipinski definition) is 1. The summed E-state index contributed by atoms with van der Waals surface area (Å²) in [5.74, 6) is 0. The van der Waals surface area contributed by atoms with E-state index in [-0.39, 0.29) is 0 Å². The molecule has 3 aliphatic rings. The Kier molecular flexibility index (Phi) is 3.71. The summed E-state index contributed by atoms with van der Waals surface area (Å²) in [7, 11) is 0. The fraction of sp³-hybridized carbons (Fsp3) is 1.00. The first kappa shape index (κ1) is 13.0. The van der Waals surface area contributed by atoms with Gasteiger partial charge in [-0.2, -0.15) is 0 Å². The van der Waals surface area contributed by atoms with Crippen LogP contribution in [-0.4, -0.2) is 12.6 Å². The van der Waals surface area contributed by atoms with Gasteiger partial charge in [0.1, 0.15) is 0 Å². The van der Waals surface area contributed by atoms with Gasteiger partial charge in [0.05, 0.1) is 0 Å². The summed E-state index contributed by atoms with van der Waals surface area (Å²) < 4.78 is 0. The van der Waals surface area contributed by atoms with E-state index in [1.54, 1.807) is 0 Å². The summed E-state index contributed by atoms with van der Waals surface area (Å²) in [6.45, 7) is 3.78. The summed E-state index contributed by atoms with van der Waals surface area (Å²) in [4.78, 5) is 0. The number of rotatable bonds is 3. The molecule has 1 N–H and O–H groups in total. The molecular formula is C17H31N. The van der Waals surface area contributed by atoms with Gasteiger partial charge in [0, 0.05) is 12.6 Å². The molecular weight excluding hydrogens is 218 g/mol. The maximum absolute atomic E-state index is 3.91. The van der Waals surface area contributed by atoms with Crippen molar-refractivity contribution in [2.75, 3.05) is 6.54 Å². The molecule has 0 atom stereocenters. The zero-order valence-electron chi connectivity index (χ0n) is 12.3. The van der Waals surface area contributed by atoms with Crippen LogP contribution in [0, 0.1) is 10.8 Å². The summed E-state index contributed by atoms with van der Waals surface area (Å²) in [5, 5.41) is 3.91. The molecule has 18 heavy (non-hydrogen) atoms. The Morgan fingerprint density at radius 1 is 0.833 bits per heavy atom. The molecule has 3 saturated carbocycles. The van der Waals surface area contributed by atoms with Crippen LogP contribution in [0.5, 0.6) is 0 Å². The van der Waals surface area contributed by atoms with Gasteiger partial charge in [-0.05, 0) is 62.2 Å². The third-order valence-corrected chi connectivity index (χ3v) is 6.34. The van der Waals surface area contributed by atoms with Crippen LogP contribution in [0.15, 0.2) is 0 Å². The van der Waals surface area contributed by atoms with Gasteiger partial charge in [-0.3, -0.25) is 0 Å². The predicted molar refractivity (Wildman–Crippen MR) is 77.7 cm³/mol. The summed E-state index contributed by atoms with van der Waals surface area (Å²) in [5.41, 5.74) is 1.43. The normalized spacial score (nSPS) is 31.2. The minimum atomic E-state index is 0.627. The van der Waals surface area contributed by atoms with E-state index in [2.05, 4.69) is 12.2 Å². The minimum Gasteiger partial charge on any atom is -0.313 e. The van der Waals surface area contributed by atoms with Crippen molar-refractivity contribution < 1.29 is 0 Å². The Morgan fingerprint density at radius 2 is 1.39 bits per heavy atom. The molecule has 0 radical (unpaired) electrons. The van der Waals surface area contributed by atoms with E-state index in [0.717, 1.165) is 11.5 Å². The molecule has 1 spiro atoms. The zero-order valence-corrected chi connectivity index (χ0v) is 12.3. The van der Waals surface area contributed by atoms with Gasteiger partial charge >= 0.3 is 0 Å². The van der Waals surface area contributed by atoms with E-state index in [1.807, 2.05) is 0 Å². The molecule has 0 aromatic rings. The van der Waals surface area contributed by atoms with Crippen LogP contribution in [0.1, 0.15) is 84.0 Å². The van der Waals surface area contributed by atoms with Crippen LogP contribution in [0.25, 0.3) is 0 Å². The van der Waals surface area contributed by atoms with E-state index in [0.29, 0.717) is 5.41 Å². The van der Waals surface area contributed by atoms with Crippen LogP contribution >= 0.6 is 0 Å². The van der Waals surface area contributed by atoms with Crippen LogP contribution in [0.4, 0.5) is 0 Å². The third kappa shape index (κ3) is 2.76. The van der Waals surface area contributed by atoms with E-state index < -0.39 is 0 Å². The highest BCUT2D eigenvalue weighted by Crippen LogP contribution is 2.49. The molecule has 3 rings (SSSR count). The van der Waals surface area contributed by atoms with Gasteiger partial charge in [0.2, 0.25) is 0 Å². The average Bonchev–Trinajstić information content (AvgIpc) is 3.00. The molecule has 3 fully saturated rings. The SMILES string of the molecule is CC1(CNC2CCC3(CCCC3)CC2)CCCC1. The first-order valence-electron chi connectivity index (χ1n) is 8.43. The van der Waals surface area contributed by atoms with Crippen molar-refractivity contribution in [3.05, 3.63) is 0 Å². The van der Waals surface area contributed by atoms with Gasteiger partial charge in [-0.15, -0.1) is 0 Å². The molecule has 0 aromatic carbocycles. The van der Waals surface area contributed by atoms with E-state index >= 15 is 0 Å². The highest BCUT2D eigenvalue weighted by Gasteiger charge is 2.38. The van der Waals surface area contributed by atoms with Crippen molar-refractivity contribution in [1.82, 2.24) is 5.32 Å². The van der Waals surface area contributed by atoms with E-state index in [1.165, 1.54) is 83.6 Å². The lowest BCUT2D eigenvalue weighted by Gasteiger charge is -2.38. The van der Waals surface area contributed by atoms with Crippen LogP contribution in [0.2, 0.25) is 0 Å². The van der Waals surface area contributed by atoms with Crippen LogP contribution in [0.3, 0.4) is 0 Å². The molecule has 0 saturated heterocycles. The highest BCUT2D eigenvalue weighted by molar-refractivity contribution is 4.92. The lowest BCUT2D eigenvalue weighted by Crippen LogP contribution is -2.41. The zero-order chi connectivity index (χ0) is 12.5. The monoisotopic (exact) mass is 249 g/mol. The second kappa shape index (κ2) is 5.15. The van der Waals surface area contributed by atoms with Gasteiger partial charge in [-0.1, -0.05) is 32.6 Å². The maximum Gasteiger partial charge on any atom is 0.00677 e. The molecule has 0 unspecified atom stereocenters. The minimum absolute atomic E-state index is 0.627. The van der Waals surface area contributed by atoms with Gasteiger partial charge in [-0.25, -0.2) is 0 Å². The predicted octanol–water partition coefficient (Wildman–Crippen LogP) is 4.66. The fourth-order valence-electron chi connectivity index (χ4n) is 4.86. The lowest BCUT2D eigenvalue weighted by molar-refractivity contribution is 0.159. The van der Waals surface area contributed by atoms with Crippen molar-refractivity contribution in [3.63, 3.8) is 0 Å². The standard InChI is InChI=1S/C17H31N/c1-16(8-2-3-9-16)14-18-15-6-12-17(13-7-15)10-4-5-11-17/h15,18H,2-14H2,1H3. The first-order valence-corrected chi connectivity index (χ1v) is 8.43. The summed E-state index contributed by atoms with van der Waals surface area (Å²) >= 11 is 0. The van der Waals surface area contributed by atoms with Crippen molar-refractivity contribution >= 4 is 0 Å². The van der Waals surface area contributed by atoms with E-state index in [9.17, 15) is 0 Å². The topological polar surface area (TPSA) is 12.0 Å². The molecule has 0 aromatic heterocycles. The van der Waals surface area contributed by atoms with Crippen molar-refractivity contribution in [3.8, 4) is 0 Å². The van der Waals surface area contributed by atoms with Crippen molar-refractivity contribution in [1.29, 1.82) is 0 Å². The second-order valence-corrected chi connectivity index (χ2v) is 7.88. The number of nitrogens with one attached hydrogen (secondary N) is 1. The Labute approximate surface area is 113 Å². The summed E-state index contributed by atoms with van der Waals surface area (Å²) in [6, 6.07) is 0.841. The van der Waals surface area contributed by atoms with Gasteiger partial charge < -0.3 is 5.32 Å². The van der Waals surface area contributed by atoms with Crippen LogP contribution in [-0.2, 0) is 0 Å². The molecule has 0 amide bonds. The molecule has 0 bridgehead atoms. The Hall–Kier alpha value is -0.0400. The molecule has 0 heterocycles. The van der Waals surface area contributed by atoms with Crippen LogP contribution < -0.4 is 5.32 Å². The summed E-state index contributed by atoms with van der Waals surface area (Å²) in [6.07, 6.45) is 17.9. The average molecular weight is 249 g/mol. The third-order valence-electron chi connectivity index (χ3n) is 6.34. The largest absolute Gasteiger partial charge is 0.313 e. The molecule has 1 heteroatoms. The van der Waals surface area contributed by atoms with Crippen molar-refractivity contribution in [2.45, 2.75) is 90.0 Å². The lowest BCUT2D eigenvalue weighted by atomic mass is 9.71.